The number of H-pyrrole nitrogens is 1. The van der Waals surface area contributed by atoms with Gasteiger partial charge >= 0.3 is 11.4 Å². The second-order valence-corrected chi connectivity index (χ2v) is 3.15. The zero-order valence-electron chi connectivity index (χ0n) is 8.56. The van der Waals surface area contributed by atoms with Crippen LogP contribution < -0.4 is 16.8 Å². The molecule has 84 valence electrons. The maximum absolute atomic E-state index is 11.1. The van der Waals surface area contributed by atoms with Gasteiger partial charge in [-0.3, -0.25) is 0 Å². The first-order chi connectivity index (χ1) is 7.69. The summed E-state index contributed by atoms with van der Waals surface area (Å²) >= 11 is 0. The summed E-state index contributed by atoms with van der Waals surface area (Å²) in [4.78, 5) is 28.0. The van der Waals surface area contributed by atoms with E-state index in [1.165, 1.54) is 0 Å². The number of nitrogens with zero attached hydrogens (tertiary/aromatic N) is 2. The molecule has 7 heteroatoms. The lowest BCUT2D eigenvalue weighted by Gasteiger charge is -2.01. The molecule has 16 heavy (non-hydrogen) atoms. The highest BCUT2D eigenvalue weighted by Gasteiger charge is 2.03. The topological polar surface area (TPSA) is 92.9 Å². The number of hydrogen-bond acceptors (Lipinski definition) is 5. The highest BCUT2D eigenvalue weighted by atomic mass is 16.5. The first-order valence-electron chi connectivity index (χ1n) is 4.62. The van der Waals surface area contributed by atoms with E-state index in [1.54, 1.807) is 25.4 Å². The summed E-state index contributed by atoms with van der Waals surface area (Å²) in [5, 5.41) is 2.87. The van der Waals surface area contributed by atoms with Crippen molar-refractivity contribution < 1.29 is 4.52 Å². The summed E-state index contributed by atoms with van der Waals surface area (Å²) in [6.07, 6.45) is 1.60. The molecule has 0 atom stereocenters. The summed E-state index contributed by atoms with van der Waals surface area (Å²) in [6.45, 7) is 0.175. The van der Waals surface area contributed by atoms with Crippen molar-refractivity contribution in [3.8, 4) is 0 Å². The van der Waals surface area contributed by atoms with Gasteiger partial charge in [-0.2, -0.15) is 0 Å². The minimum absolute atomic E-state index is 0.175. The van der Waals surface area contributed by atoms with Crippen LogP contribution in [0.4, 0.5) is 5.82 Å². The Hall–Kier alpha value is -2.31. The van der Waals surface area contributed by atoms with Gasteiger partial charge in [-0.15, -0.1) is 4.74 Å². The molecule has 0 unspecified atom stereocenters. The van der Waals surface area contributed by atoms with Crippen LogP contribution in [0, 0.1) is 0 Å². The Morgan fingerprint density at radius 1 is 1.50 bits per heavy atom. The van der Waals surface area contributed by atoms with Gasteiger partial charge < -0.3 is 9.84 Å². The van der Waals surface area contributed by atoms with Crippen molar-refractivity contribution in [3.63, 3.8) is 0 Å². The number of nitrogens with one attached hydrogen (secondary N) is 2. The highest BCUT2D eigenvalue weighted by molar-refractivity contribution is 5.34. The van der Waals surface area contributed by atoms with E-state index >= 15 is 0 Å². The SMILES string of the molecule is CNc1ccc(Cn2oc(=O)[nH]c2=O)cn1. The Labute approximate surface area is 89.7 Å². The number of hydrogen-bond donors (Lipinski definition) is 2. The van der Waals surface area contributed by atoms with Crippen molar-refractivity contribution in [3.05, 3.63) is 44.9 Å². The second kappa shape index (κ2) is 4.05. The quantitative estimate of drug-likeness (QED) is 0.738. The fraction of sp³-hybridized carbons (Fsp3) is 0.222. The van der Waals surface area contributed by atoms with E-state index in [-0.39, 0.29) is 6.54 Å². The summed E-state index contributed by atoms with van der Waals surface area (Å²) in [5.74, 6) is -0.0311. The molecule has 0 fully saturated rings. The first kappa shape index (κ1) is 10.2. The molecule has 0 saturated heterocycles. The third-order valence-corrected chi connectivity index (χ3v) is 2.04. The fourth-order valence-corrected chi connectivity index (χ4v) is 1.25. The number of aromatic amines is 1. The lowest BCUT2D eigenvalue weighted by atomic mass is 10.3. The third kappa shape index (κ3) is 2.02. The van der Waals surface area contributed by atoms with Crippen molar-refractivity contribution in [2.45, 2.75) is 6.54 Å². The van der Waals surface area contributed by atoms with E-state index in [9.17, 15) is 9.59 Å². The monoisotopic (exact) mass is 222 g/mol. The Kier molecular flexibility index (Phi) is 2.59. The van der Waals surface area contributed by atoms with Crippen molar-refractivity contribution in [1.82, 2.24) is 14.7 Å². The molecule has 2 aromatic rings. The predicted octanol–water partition coefficient (Wildman–Crippen LogP) is -0.385. The zero-order valence-corrected chi connectivity index (χ0v) is 8.56. The number of aromatic nitrogens is 3. The minimum atomic E-state index is -0.759. The van der Waals surface area contributed by atoms with Crippen LogP contribution in [0.3, 0.4) is 0 Å². The lowest BCUT2D eigenvalue weighted by molar-refractivity contribution is 0.258. The van der Waals surface area contributed by atoms with E-state index in [4.69, 9.17) is 0 Å². The zero-order chi connectivity index (χ0) is 11.5. The fourth-order valence-electron chi connectivity index (χ4n) is 1.25. The second-order valence-electron chi connectivity index (χ2n) is 3.15. The molecular formula is C9H10N4O3. The molecule has 0 radical (unpaired) electrons. The molecule has 0 aliphatic heterocycles. The first-order valence-corrected chi connectivity index (χ1v) is 4.62. The van der Waals surface area contributed by atoms with E-state index in [2.05, 4.69) is 14.8 Å². The van der Waals surface area contributed by atoms with Crippen LogP contribution in [0.2, 0.25) is 0 Å². The van der Waals surface area contributed by atoms with Crippen molar-refractivity contribution in [2.75, 3.05) is 12.4 Å². The molecule has 0 saturated carbocycles. The van der Waals surface area contributed by atoms with Crippen molar-refractivity contribution in [2.24, 2.45) is 0 Å². The maximum Gasteiger partial charge on any atom is 0.440 e. The molecule has 2 aromatic heterocycles. The molecule has 0 aliphatic rings. The normalized spacial score (nSPS) is 10.3. The van der Waals surface area contributed by atoms with Crippen LogP contribution >= 0.6 is 0 Å². The molecule has 2 heterocycles. The number of pyridine rings is 1. The van der Waals surface area contributed by atoms with Gasteiger partial charge in [-0.1, -0.05) is 6.07 Å². The summed E-state index contributed by atoms with van der Waals surface area (Å²) in [6, 6.07) is 3.56. The summed E-state index contributed by atoms with van der Waals surface area (Å²) < 4.78 is 5.57. The van der Waals surface area contributed by atoms with Crippen LogP contribution in [0.1, 0.15) is 5.56 Å². The Balaban J connectivity index is 2.23. The van der Waals surface area contributed by atoms with Crippen LogP contribution in [-0.2, 0) is 6.54 Å². The van der Waals surface area contributed by atoms with E-state index in [0.717, 1.165) is 16.1 Å². The largest absolute Gasteiger partial charge is 0.440 e. The Bertz CT molecular complexity index is 578. The molecular weight excluding hydrogens is 212 g/mol. The van der Waals surface area contributed by atoms with Gasteiger partial charge in [0.25, 0.3) is 0 Å². The van der Waals surface area contributed by atoms with Gasteiger partial charge in [-0.25, -0.2) is 19.6 Å². The molecule has 0 aliphatic carbocycles. The van der Waals surface area contributed by atoms with E-state index in [1.807, 2.05) is 4.98 Å². The number of rotatable bonds is 3. The van der Waals surface area contributed by atoms with Crippen molar-refractivity contribution in [1.29, 1.82) is 0 Å². The van der Waals surface area contributed by atoms with Crippen LogP contribution in [0.5, 0.6) is 0 Å². The third-order valence-electron chi connectivity index (χ3n) is 2.04. The average molecular weight is 222 g/mol. The van der Waals surface area contributed by atoms with Gasteiger partial charge in [0.15, 0.2) is 0 Å². The molecule has 2 N–H and O–H groups in total. The predicted molar refractivity (Wildman–Crippen MR) is 56.5 cm³/mol. The van der Waals surface area contributed by atoms with Crippen molar-refractivity contribution >= 4 is 5.82 Å². The van der Waals surface area contributed by atoms with Crippen LogP contribution in [0.25, 0.3) is 0 Å². The molecule has 0 aromatic carbocycles. The highest BCUT2D eigenvalue weighted by Crippen LogP contribution is 2.04. The molecule has 7 nitrogen and oxygen atoms in total. The van der Waals surface area contributed by atoms with Crippen LogP contribution in [-0.4, -0.2) is 21.8 Å². The summed E-state index contributed by atoms with van der Waals surface area (Å²) in [7, 11) is 1.76. The minimum Gasteiger partial charge on any atom is -0.373 e. The molecule has 0 amide bonds. The maximum atomic E-state index is 11.1. The molecule has 0 spiro atoms. The van der Waals surface area contributed by atoms with Gasteiger partial charge in [0.2, 0.25) is 0 Å². The molecule has 2 rings (SSSR count). The van der Waals surface area contributed by atoms with Gasteiger partial charge in [0.05, 0.1) is 6.54 Å². The molecule has 0 bridgehead atoms. The Morgan fingerprint density at radius 2 is 2.31 bits per heavy atom. The van der Waals surface area contributed by atoms with Gasteiger partial charge in [0.1, 0.15) is 5.82 Å². The van der Waals surface area contributed by atoms with E-state index in [0.29, 0.717) is 0 Å². The smallest absolute Gasteiger partial charge is 0.373 e. The lowest BCUT2D eigenvalue weighted by Crippen LogP contribution is -2.17. The standard InChI is InChI=1S/C9H10N4O3/c1-10-7-3-2-6(4-11-7)5-13-8(14)12-9(15)16-13/h2-4H,5H2,1H3,(H,10,11)(H,12,14,15). The van der Waals surface area contributed by atoms with Gasteiger partial charge in [-0.05, 0) is 11.6 Å². The Morgan fingerprint density at radius 3 is 2.81 bits per heavy atom. The average Bonchev–Trinajstić information content (AvgIpc) is 2.59. The summed E-state index contributed by atoms with van der Waals surface area (Å²) in [5.41, 5.74) is 0.201. The van der Waals surface area contributed by atoms with E-state index < -0.39 is 11.4 Å². The number of anilines is 1. The van der Waals surface area contributed by atoms with Crippen LogP contribution in [0.15, 0.2) is 32.4 Å². The van der Waals surface area contributed by atoms with Gasteiger partial charge in [0, 0.05) is 13.2 Å².